The summed E-state index contributed by atoms with van der Waals surface area (Å²) < 4.78 is 22.5. The second-order valence-corrected chi connectivity index (χ2v) is 6.51. The van der Waals surface area contributed by atoms with Gasteiger partial charge >= 0.3 is 0 Å². The molecule has 1 aromatic rings. The summed E-state index contributed by atoms with van der Waals surface area (Å²) >= 11 is 0. The van der Waals surface area contributed by atoms with Crippen LogP contribution in [0.25, 0.3) is 0 Å². The lowest BCUT2D eigenvalue weighted by Crippen LogP contribution is -2.29. The van der Waals surface area contributed by atoms with Crippen LogP contribution >= 0.6 is 0 Å². The first-order chi connectivity index (χ1) is 7.96. The third kappa shape index (κ3) is 3.17. The molecule has 0 spiro atoms. The van der Waals surface area contributed by atoms with E-state index in [4.69, 9.17) is 0 Å². The first-order valence-corrected chi connectivity index (χ1v) is 7.38. The van der Waals surface area contributed by atoms with Crippen LogP contribution in [0.5, 0.6) is 0 Å². The van der Waals surface area contributed by atoms with Crippen molar-refractivity contribution < 1.29 is 8.42 Å². The third-order valence-corrected chi connectivity index (χ3v) is 4.38. The molecule has 1 atom stereocenters. The zero-order valence-electron chi connectivity index (χ0n) is 10.1. The molecule has 0 radical (unpaired) electrons. The van der Waals surface area contributed by atoms with E-state index in [1.54, 1.807) is 6.08 Å². The fourth-order valence-corrected chi connectivity index (χ4v) is 3.20. The second-order valence-electron chi connectivity index (χ2n) is 4.58. The number of sulfone groups is 1. The lowest BCUT2D eigenvalue weighted by molar-refractivity contribution is 0.590. The molecule has 0 aromatic heterocycles. The maximum absolute atomic E-state index is 11.2. The van der Waals surface area contributed by atoms with E-state index < -0.39 is 9.84 Å². The SMILES string of the molecule is Cc1ccc(C)c(CNC2C=CS(=O)(=O)C2)c1. The van der Waals surface area contributed by atoms with Crippen molar-refractivity contribution in [2.45, 2.75) is 26.4 Å². The Morgan fingerprint density at radius 1 is 1.35 bits per heavy atom. The van der Waals surface area contributed by atoms with Crippen molar-refractivity contribution >= 4 is 9.84 Å². The van der Waals surface area contributed by atoms with Gasteiger partial charge in [-0.2, -0.15) is 0 Å². The summed E-state index contributed by atoms with van der Waals surface area (Å²) in [6.07, 6.45) is 1.72. The van der Waals surface area contributed by atoms with Crippen LogP contribution in [0.4, 0.5) is 0 Å². The molecule has 0 amide bonds. The molecule has 1 N–H and O–H groups in total. The molecule has 1 heterocycles. The van der Waals surface area contributed by atoms with E-state index in [9.17, 15) is 8.42 Å². The van der Waals surface area contributed by atoms with Gasteiger partial charge in [0, 0.05) is 18.0 Å². The van der Waals surface area contributed by atoms with Crippen LogP contribution < -0.4 is 5.32 Å². The molecule has 17 heavy (non-hydrogen) atoms. The van der Waals surface area contributed by atoms with Gasteiger partial charge in [0.05, 0.1) is 5.75 Å². The Bertz CT molecular complexity index is 547. The highest BCUT2D eigenvalue weighted by Gasteiger charge is 2.20. The van der Waals surface area contributed by atoms with Gasteiger partial charge in [-0.3, -0.25) is 0 Å². The van der Waals surface area contributed by atoms with E-state index in [0.29, 0.717) is 6.54 Å². The Morgan fingerprint density at radius 2 is 2.12 bits per heavy atom. The summed E-state index contributed by atoms with van der Waals surface area (Å²) in [7, 11) is -2.96. The van der Waals surface area contributed by atoms with Crippen molar-refractivity contribution in [3.8, 4) is 0 Å². The Labute approximate surface area is 102 Å². The van der Waals surface area contributed by atoms with Crippen LogP contribution in [0.1, 0.15) is 16.7 Å². The van der Waals surface area contributed by atoms with E-state index in [2.05, 4.69) is 37.4 Å². The van der Waals surface area contributed by atoms with Crippen LogP contribution in [0.2, 0.25) is 0 Å². The van der Waals surface area contributed by atoms with Crippen LogP contribution in [-0.2, 0) is 16.4 Å². The zero-order valence-corrected chi connectivity index (χ0v) is 10.9. The van der Waals surface area contributed by atoms with Crippen molar-refractivity contribution in [2.24, 2.45) is 0 Å². The van der Waals surface area contributed by atoms with Crippen molar-refractivity contribution in [3.63, 3.8) is 0 Å². The fourth-order valence-electron chi connectivity index (χ4n) is 1.93. The molecule has 4 heteroatoms. The largest absolute Gasteiger partial charge is 0.305 e. The lowest BCUT2D eigenvalue weighted by atomic mass is 10.1. The monoisotopic (exact) mass is 251 g/mol. The maximum atomic E-state index is 11.2. The molecule has 0 bridgehead atoms. The summed E-state index contributed by atoms with van der Waals surface area (Å²) in [6.45, 7) is 4.83. The van der Waals surface area contributed by atoms with Gasteiger partial charge < -0.3 is 5.32 Å². The van der Waals surface area contributed by atoms with Crippen molar-refractivity contribution in [1.29, 1.82) is 0 Å². The molecule has 3 nitrogen and oxygen atoms in total. The number of benzene rings is 1. The predicted octanol–water partition coefficient (Wildman–Crippen LogP) is 1.70. The summed E-state index contributed by atoms with van der Waals surface area (Å²) in [5.74, 6) is 0.178. The summed E-state index contributed by atoms with van der Waals surface area (Å²) in [4.78, 5) is 0. The number of nitrogens with one attached hydrogen (secondary N) is 1. The highest BCUT2D eigenvalue weighted by molar-refractivity contribution is 7.94. The molecular formula is C13H17NO2S. The van der Waals surface area contributed by atoms with Gasteiger partial charge in [0.2, 0.25) is 0 Å². The van der Waals surface area contributed by atoms with Crippen molar-refractivity contribution in [1.82, 2.24) is 5.32 Å². The van der Waals surface area contributed by atoms with Gasteiger partial charge in [0.25, 0.3) is 0 Å². The standard InChI is InChI=1S/C13H17NO2S/c1-10-3-4-11(2)12(7-10)8-14-13-5-6-17(15,16)9-13/h3-7,13-14H,8-9H2,1-2H3. The molecule has 1 aliphatic heterocycles. The van der Waals surface area contributed by atoms with Crippen molar-refractivity contribution in [2.75, 3.05) is 5.75 Å². The first-order valence-electron chi connectivity index (χ1n) is 5.67. The molecule has 2 rings (SSSR count). The Kier molecular flexibility index (Phi) is 3.35. The number of rotatable bonds is 3. The minimum atomic E-state index is -2.96. The average Bonchev–Trinajstić information content (AvgIpc) is 2.60. The van der Waals surface area contributed by atoms with Gasteiger partial charge in [-0.1, -0.05) is 29.8 Å². The lowest BCUT2D eigenvalue weighted by Gasteiger charge is -2.12. The zero-order chi connectivity index (χ0) is 12.5. The van der Waals surface area contributed by atoms with E-state index in [1.807, 2.05) is 0 Å². The Balaban J connectivity index is 1.99. The highest BCUT2D eigenvalue weighted by atomic mass is 32.2. The number of hydrogen-bond acceptors (Lipinski definition) is 3. The molecule has 0 fully saturated rings. The van der Waals surface area contributed by atoms with Crippen LogP contribution in [-0.4, -0.2) is 20.2 Å². The molecule has 1 aliphatic rings. The first kappa shape index (κ1) is 12.3. The molecule has 92 valence electrons. The topological polar surface area (TPSA) is 46.2 Å². The third-order valence-electron chi connectivity index (χ3n) is 2.99. The van der Waals surface area contributed by atoms with Gasteiger partial charge in [-0.05, 0) is 25.0 Å². The molecule has 0 aliphatic carbocycles. The van der Waals surface area contributed by atoms with Gasteiger partial charge in [-0.15, -0.1) is 0 Å². The quantitative estimate of drug-likeness (QED) is 0.889. The Morgan fingerprint density at radius 3 is 2.76 bits per heavy atom. The molecule has 0 saturated carbocycles. The van der Waals surface area contributed by atoms with Crippen LogP contribution in [0.3, 0.4) is 0 Å². The van der Waals surface area contributed by atoms with E-state index >= 15 is 0 Å². The van der Waals surface area contributed by atoms with Gasteiger partial charge in [-0.25, -0.2) is 8.42 Å². The van der Waals surface area contributed by atoms with Crippen molar-refractivity contribution in [3.05, 3.63) is 46.4 Å². The summed E-state index contributed by atoms with van der Waals surface area (Å²) in [5.41, 5.74) is 3.68. The minimum Gasteiger partial charge on any atom is -0.305 e. The van der Waals surface area contributed by atoms with Gasteiger partial charge in [0.15, 0.2) is 9.84 Å². The smallest absolute Gasteiger partial charge is 0.173 e. The van der Waals surface area contributed by atoms with Crippen LogP contribution in [0.15, 0.2) is 29.7 Å². The molecule has 1 aromatic carbocycles. The maximum Gasteiger partial charge on any atom is 0.173 e. The molecule has 0 saturated heterocycles. The molecular weight excluding hydrogens is 234 g/mol. The number of hydrogen-bond donors (Lipinski definition) is 1. The number of aryl methyl sites for hydroxylation is 2. The average molecular weight is 251 g/mol. The highest BCUT2D eigenvalue weighted by Crippen LogP contribution is 2.12. The second kappa shape index (κ2) is 4.63. The minimum absolute atomic E-state index is 0.0556. The normalized spacial score (nSPS) is 21.9. The summed E-state index contributed by atoms with van der Waals surface area (Å²) in [6, 6.07) is 6.25. The van der Waals surface area contributed by atoms with E-state index in [1.165, 1.54) is 22.1 Å². The summed E-state index contributed by atoms with van der Waals surface area (Å²) in [5, 5.41) is 4.55. The van der Waals surface area contributed by atoms with E-state index in [-0.39, 0.29) is 11.8 Å². The molecule has 1 unspecified atom stereocenters. The van der Waals surface area contributed by atoms with Crippen LogP contribution in [0, 0.1) is 13.8 Å². The fraction of sp³-hybridized carbons (Fsp3) is 0.385. The van der Waals surface area contributed by atoms with Gasteiger partial charge in [0.1, 0.15) is 0 Å². The van der Waals surface area contributed by atoms with E-state index in [0.717, 1.165) is 0 Å². The Hall–Kier alpha value is -1.13. The predicted molar refractivity (Wildman–Crippen MR) is 69.5 cm³/mol.